The van der Waals surface area contributed by atoms with Gasteiger partial charge in [-0.1, -0.05) is 23.7 Å². The molecule has 1 aromatic rings. The maximum absolute atomic E-state index is 6.32. The summed E-state index contributed by atoms with van der Waals surface area (Å²) in [4.78, 5) is 2.40. The van der Waals surface area contributed by atoms with Crippen molar-refractivity contribution in [3.05, 3.63) is 28.8 Å². The quantitative estimate of drug-likeness (QED) is 0.858. The standard InChI is InChI=1S/C13H19ClN2/c1-13(2)7-4-8-16(13)12-10(9-15)5-3-6-11(12)14/h3,5-6H,4,7-9,15H2,1-2H3. The van der Waals surface area contributed by atoms with Crippen molar-refractivity contribution < 1.29 is 0 Å². The molecule has 0 radical (unpaired) electrons. The van der Waals surface area contributed by atoms with Gasteiger partial charge in [0.15, 0.2) is 0 Å². The van der Waals surface area contributed by atoms with Crippen molar-refractivity contribution in [1.29, 1.82) is 0 Å². The second-order valence-corrected chi connectivity index (χ2v) is 5.43. The summed E-state index contributed by atoms with van der Waals surface area (Å²) in [5, 5.41) is 0.818. The maximum Gasteiger partial charge on any atom is 0.0643 e. The number of para-hydroxylation sites is 1. The molecule has 0 atom stereocenters. The molecule has 3 heteroatoms. The van der Waals surface area contributed by atoms with Crippen molar-refractivity contribution >= 4 is 17.3 Å². The normalized spacial score (nSPS) is 19.1. The van der Waals surface area contributed by atoms with Gasteiger partial charge in [-0.3, -0.25) is 0 Å². The maximum atomic E-state index is 6.32. The van der Waals surface area contributed by atoms with E-state index in [1.54, 1.807) is 0 Å². The highest BCUT2D eigenvalue weighted by Gasteiger charge is 2.33. The zero-order chi connectivity index (χ0) is 11.8. The number of halogens is 1. The number of anilines is 1. The van der Waals surface area contributed by atoms with Gasteiger partial charge in [0, 0.05) is 18.6 Å². The Bertz CT molecular complexity index is 388. The SMILES string of the molecule is CC1(C)CCCN1c1c(Cl)cccc1CN. The predicted molar refractivity (Wildman–Crippen MR) is 70.0 cm³/mol. The molecule has 0 amide bonds. The van der Waals surface area contributed by atoms with Crippen molar-refractivity contribution in [3.8, 4) is 0 Å². The van der Waals surface area contributed by atoms with E-state index in [1.165, 1.54) is 12.8 Å². The molecule has 1 aromatic carbocycles. The Kier molecular flexibility index (Phi) is 3.13. The molecule has 0 bridgehead atoms. The Balaban J connectivity index is 2.47. The van der Waals surface area contributed by atoms with Crippen molar-refractivity contribution in [2.75, 3.05) is 11.4 Å². The van der Waals surface area contributed by atoms with Crippen LogP contribution in [0.2, 0.25) is 5.02 Å². The van der Waals surface area contributed by atoms with E-state index in [1.807, 2.05) is 12.1 Å². The van der Waals surface area contributed by atoms with E-state index in [9.17, 15) is 0 Å². The van der Waals surface area contributed by atoms with Gasteiger partial charge in [0.2, 0.25) is 0 Å². The first-order valence-corrected chi connectivity index (χ1v) is 6.19. The highest BCUT2D eigenvalue weighted by Crippen LogP contribution is 2.39. The van der Waals surface area contributed by atoms with Crippen LogP contribution in [0.4, 0.5) is 5.69 Å². The van der Waals surface area contributed by atoms with Crippen LogP contribution in [-0.4, -0.2) is 12.1 Å². The molecule has 1 aliphatic rings. The zero-order valence-corrected chi connectivity index (χ0v) is 10.7. The van der Waals surface area contributed by atoms with Gasteiger partial charge in [0.1, 0.15) is 0 Å². The lowest BCUT2D eigenvalue weighted by atomic mass is 10.0. The van der Waals surface area contributed by atoms with Gasteiger partial charge in [0.25, 0.3) is 0 Å². The average molecular weight is 239 g/mol. The van der Waals surface area contributed by atoms with E-state index in [0.717, 1.165) is 22.8 Å². The molecular formula is C13H19ClN2. The molecule has 88 valence electrons. The second-order valence-electron chi connectivity index (χ2n) is 5.02. The predicted octanol–water partition coefficient (Wildman–Crippen LogP) is 3.18. The van der Waals surface area contributed by atoms with Gasteiger partial charge in [-0.05, 0) is 38.3 Å². The lowest BCUT2D eigenvalue weighted by molar-refractivity contribution is 0.517. The summed E-state index contributed by atoms with van der Waals surface area (Å²) >= 11 is 6.32. The van der Waals surface area contributed by atoms with Gasteiger partial charge in [-0.25, -0.2) is 0 Å². The molecule has 2 N–H and O–H groups in total. The largest absolute Gasteiger partial charge is 0.365 e. The molecule has 0 aromatic heterocycles. The minimum Gasteiger partial charge on any atom is -0.365 e. The monoisotopic (exact) mass is 238 g/mol. The number of benzene rings is 1. The number of hydrogen-bond acceptors (Lipinski definition) is 2. The summed E-state index contributed by atoms with van der Waals surface area (Å²) in [7, 11) is 0. The Hall–Kier alpha value is -0.730. The van der Waals surface area contributed by atoms with Crippen LogP contribution in [0, 0.1) is 0 Å². The average Bonchev–Trinajstić information content (AvgIpc) is 2.57. The first-order chi connectivity index (χ1) is 7.56. The van der Waals surface area contributed by atoms with Crippen molar-refractivity contribution in [3.63, 3.8) is 0 Å². The van der Waals surface area contributed by atoms with Crippen LogP contribution in [0.25, 0.3) is 0 Å². The van der Waals surface area contributed by atoms with E-state index in [-0.39, 0.29) is 5.54 Å². The smallest absolute Gasteiger partial charge is 0.0643 e. The summed E-state index contributed by atoms with van der Waals surface area (Å²) in [5.74, 6) is 0. The van der Waals surface area contributed by atoms with Crippen molar-refractivity contribution in [2.24, 2.45) is 5.73 Å². The first kappa shape index (κ1) is 11.7. The van der Waals surface area contributed by atoms with Gasteiger partial charge in [0.05, 0.1) is 10.7 Å². The van der Waals surface area contributed by atoms with Crippen LogP contribution in [0.5, 0.6) is 0 Å². The van der Waals surface area contributed by atoms with Gasteiger partial charge in [-0.15, -0.1) is 0 Å². The van der Waals surface area contributed by atoms with Crippen molar-refractivity contribution in [2.45, 2.75) is 38.8 Å². The number of nitrogens with two attached hydrogens (primary N) is 1. The molecule has 16 heavy (non-hydrogen) atoms. The molecule has 2 nitrogen and oxygen atoms in total. The topological polar surface area (TPSA) is 29.3 Å². The van der Waals surface area contributed by atoms with E-state index >= 15 is 0 Å². The van der Waals surface area contributed by atoms with E-state index in [4.69, 9.17) is 17.3 Å². The number of rotatable bonds is 2. The van der Waals surface area contributed by atoms with Crippen LogP contribution in [0.1, 0.15) is 32.3 Å². The van der Waals surface area contributed by atoms with Crippen LogP contribution in [0.3, 0.4) is 0 Å². The lowest BCUT2D eigenvalue weighted by Gasteiger charge is -2.35. The Morgan fingerprint density at radius 2 is 2.19 bits per heavy atom. The summed E-state index contributed by atoms with van der Waals surface area (Å²) in [6.45, 7) is 6.15. The molecule has 2 rings (SSSR count). The number of nitrogens with zero attached hydrogens (tertiary/aromatic N) is 1. The van der Waals surface area contributed by atoms with E-state index in [2.05, 4.69) is 24.8 Å². The first-order valence-electron chi connectivity index (χ1n) is 5.81. The molecule has 0 saturated carbocycles. The Morgan fingerprint density at radius 3 is 2.75 bits per heavy atom. The Morgan fingerprint density at radius 1 is 1.44 bits per heavy atom. The summed E-state index contributed by atoms with van der Waals surface area (Å²) in [6.07, 6.45) is 2.43. The Labute approximate surface area is 102 Å². The van der Waals surface area contributed by atoms with Crippen LogP contribution in [-0.2, 0) is 6.54 Å². The highest BCUT2D eigenvalue weighted by molar-refractivity contribution is 6.33. The molecule has 0 unspecified atom stereocenters. The molecule has 1 aliphatic heterocycles. The third-order valence-electron chi connectivity index (χ3n) is 3.46. The van der Waals surface area contributed by atoms with Crippen LogP contribution in [0.15, 0.2) is 18.2 Å². The summed E-state index contributed by atoms with van der Waals surface area (Å²) in [5.41, 5.74) is 8.25. The minimum absolute atomic E-state index is 0.189. The second kappa shape index (κ2) is 4.27. The lowest BCUT2D eigenvalue weighted by Crippen LogP contribution is -2.39. The zero-order valence-electron chi connectivity index (χ0n) is 9.96. The van der Waals surface area contributed by atoms with Crippen LogP contribution >= 0.6 is 11.6 Å². The van der Waals surface area contributed by atoms with Gasteiger partial charge in [-0.2, -0.15) is 0 Å². The fourth-order valence-electron chi connectivity index (χ4n) is 2.55. The van der Waals surface area contributed by atoms with Crippen LogP contribution < -0.4 is 10.6 Å². The molecule has 0 spiro atoms. The summed E-state index contributed by atoms with van der Waals surface area (Å²) < 4.78 is 0. The third kappa shape index (κ3) is 1.92. The molecular weight excluding hydrogens is 220 g/mol. The molecule has 1 fully saturated rings. The number of hydrogen-bond donors (Lipinski definition) is 1. The molecule has 1 heterocycles. The fourth-order valence-corrected chi connectivity index (χ4v) is 2.84. The fraction of sp³-hybridized carbons (Fsp3) is 0.538. The van der Waals surface area contributed by atoms with Crippen molar-refractivity contribution in [1.82, 2.24) is 0 Å². The molecule has 0 aliphatic carbocycles. The summed E-state index contributed by atoms with van der Waals surface area (Å²) in [6, 6.07) is 5.98. The third-order valence-corrected chi connectivity index (χ3v) is 3.77. The highest BCUT2D eigenvalue weighted by atomic mass is 35.5. The van der Waals surface area contributed by atoms with Gasteiger partial charge < -0.3 is 10.6 Å². The van der Waals surface area contributed by atoms with E-state index in [0.29, 0.717) is 6.54 Å². The van der Waals surface area contributed by atoms with Gasteiger partial charge >= 0.3 is 0 Å². The van der Waals surface area contributed by atoms with E-state index < -0.39 is 0 Å². The molecule has 1 saturated heterocycles. The minimum atomic E-state index is 0.189.